The predicted octanol–water partition coefficient (Wildman–Crippen LogP) is 2.95. The first-order valence-electron chi connectivity index (χ1n) is 5.17. The molecule has 2 nitrogen and oxygen atoms in total. The van der Waals surface area contributed by atoms with Crippen molar-refractivity contribution in [2.75, 3.05) is 20.3 Å². The van der Waals surface area contributed by atoms with Crippen LogP contribution >= 0.6 is 0 Å². The average Bonchev–Trinajstić information content (AvgIpc) is 2.18. The number of hydrogen-bond acceptors (Lipinski definition) is 2. The molecule has 0 saturated heterocycles. The quantitative estimate of drug-likeness (QED) is 0.397. The number of methoxy groups -OCH3 is 1. The molecule has 0 unspecified atom stereocenters. The van der Waals surface area contributed by atoms with Crippen molar-refractivity contribution in [3.05, 3.63) is 25.3 Å². The summed E-state index contributed by atoms with van der Waals surface area (Å²) in [7, 11) is 1.72. The Morgan fingerprint density at radius 2 is 1.64 bits per heavy atom. The van der Waals surface area contributed by atoms with E-state index in [-0.39, 0.29) is 6.10 Å². The smallest absolute Gasteiger partial charge is 0.0643 e. The molecule has 0 aliphatic rings. The van der Waals surface area contributed by atoms with Crippen molar-refractivity contribution >= 4 is 0 Å². The van der Waals surface area contributed by atoms with Crippen molar-refractivity contribution in [1.82, 2.24) is 0 Å². The van der Waals surface area contributed by atoms with Gasteiger partial charge in [0, 0.05) is 20.3 Å². The Hall–Kier alpha value is -0.600. The van der Waals surface area contributed by atoms with Gasteiger partial charge in [-0.1, -0.05) is 12.2 Å². The van der Waals surface area contributed by atoms with Gasteiger partial charge in [0.2, 0.25) is 0 Å². The van der Waals surface area contributed by atoms with Crippen LogP contribution in [-0.4, -0.2) is 26.4 Å². The lowest BCUT2D eigenvalue weighted by atomic mass is 10.2. The van der Waals surface area contributed by atoms with Crippen LogP contribution < -0.4 is 0 Å². The molecule has 0 aromatic carbocycles. The Labute approximate surface area is 87.6 Å². The summed E-state index contributed by atoms with van der Waals surface area (Å²) in [6, 6.07) is 0. The molecule has 82 valence electrons. The summed E-state index contributed by atoms with van der Waals surface area (Å²) in [5, 5.41) is 0. The molecule has 0 aliphatic carbocycles. The predicted molar refractivity (Wildman–Crippen MR) is 60.5 cm³/mol. The Balaban J connectivity index is 3.39. The fourth-order valence-corrected chi connectivity index (χ4v) is 1.20. The van der Waals surface area contributed by atoms with Gasteiger partial charge in [0.05, 0.1) is 6.10 Å². The number of ether oxygens (including phenoxy) is 2. The van der Waals surface area contributed by atoms with E-state index in [9.17, 15) is 0 Å². The van der Waals surface area contributed by atoms with E-state index in [0.717, 1.165) is 38.9 Å². The van der Waals surface area contributed by atoms with E-state index in [2.05, 4.69) is 13.2 Å². The van der Waals surface area contributed by atoms with Gasteiger partial charge in [-0.3, -0.25) is 0 Å². The zero-order valence-corrected chi connectivity index (χ0v) is 9.21. The van der Waals surface area contributed by atoms with Crippen LogP contribution in [0.1, 0.15) is 25.7 Å². The Bertz CT molecular complexity index is 133. The first-order valence-corrected chi connectivity index (χ1v) is 5.17. The highest BCUT2D eigenvalue weighted by Crippen LogP contribution is 2.06. The lowest BCUT2D eigenvalue weighted by Gasteiger charge is -2.14. The minimum atomic E-state index is 0.257. The molecule has 0 aliphatic heterocycles. The summed E-state index contributed by atoms with van der Waals surface area (Å²) >= 11 is 0. The highest BCUT2D eigenvalue weighted by Gasteiger charge is 2.03. The van der Waals surface area contributed by atoms with Crippen LogP contribution in [0.5, 0.6) is 0 Å². The Morgan fingerprint density at radius 3 is 2.14 bits per heavy atom. The summed E-state index contributed by atoms with van der Waals surface area (Å²) in [4.78, 5) is 0. The molecule has 0 heterocycles. The number of rotatable bonds is 10. The van der Waals surface area contributed by atoms with Crippen LogP contribution in [-0.2, 0) is 9.47 Å². The summed E-state index contributed by atoms with van der Waals surface area (Å²) in [6.07, 6.45) is 7.95. The van der Waals surface area contributed by atoms with Crippen LogP contribution in [0.2, 0.25) is 0 Å². The maximum absolute atomic E-state index is 5.67. The van der Waals surface area contributed by atoms with E-state index < -0.39 is 0 Å². The van der Waals surface area contributed by atoms with Gasteiger partial charge in [0.1, 0.15) is 0 Å². The third-order valence-electron chi connectivity index (χ3n) is 1.96. The molecule has 0 saturated carbocycles. The molecular formula is C12H22O2. The molecule has 2 heteroatoms. The lowest BCUT2D eigenvalue weighted by Crippen LogP contribution is -2.12. The summed E-state index contributed by atoms with van der Waals surface area (Å²) in [5.74, 6) is 0. The maximum atomic E-state index is 5.67. The van der Waals surface area contributed by atoms with Gasteiger partial charge in [-0.25, -0.2) is 0 Å². The van der Waals surface area contributed by atoms with Gasteiger partial charge in [-0.2, -0.15) is 0 Å². The van der Waals surface area contributed by atoms with E-state index in [1.165, 1.54) is 0 Å². The second kappa shape index (κ2) is 10.5. The van der Waals surface area contributed by atoms with E-state index in [1.807, 2.05) is 12.2 Å². The Kier molecular flexibility index (Phi) is 10.0. The monoisotopic (exact) mass is 198 g/mol. The van der Waals surface area contributed by atoms with E-state index in [0.29, 0.717) is 0 Å². The molecule has 0 amide bonds. The molecule has 0 radical (unpaired) electrons. The van der Waals surface area contributed by atoms with E-state index in [4.69, 9.17) is 9.47 Å². The second-order valence-corrected chi connectivity index (χ2v) is 3.24. The van der Waals surface area contributed by atoms with Crippen molar-refractivity contribution in [2.45, 2.75) is 31.8 Å². The summed E-state index contributed by atoms with van der Waals surface area (Å²) < 4.78 is 10.6. The third-order valence-corrected chi connectivity index (χ3v) is 1.96. The molecular weight excluding hydrogens is 176 g/mol. The molecule has 0 bridgehead atoms. The number of unbranched alkanes of at least 4 members (excludes halogenated alkanes) is 1. The van der Waals surface area contributed by atoms with E-state index in [1.54, 1.807) is 7.11 Å². The molecule has 14 heavy (non-hydrogen) atoms. The molecule has 0 N–H and O–H groups in total. The first-order chi connectivity index (χ1) is 6.85. The standard InChI is InChI=1S/C12H22O2/c1-4-8-12(9-5-2)14-11-7-6-10-13-3/h4-5,12H,1-2,6-11H2,3H3. The van der Waals surface area contributed by atoms with Crippen LogP contribution in [0.4, 0.5) is 0 Å². The van der Waals surface area contributed by atoms with Crippen molar-refractivity contribution < 1.29 is 9.47 Å². The molecule has 0 fully saturated rings. The van der Waals surface area contributed by atoms with Gasteiger partial charge in [-0.05, 0) is 25.7 Å². The normalized spacial score (nSPS) is 10.4. The fourth-order valence-electron chi connectivity index (χ4n) is 1.20. The maximum Gasteiger partial charge on any atom is 0.0643 e. The zero-order valence-electron chi connectivity index (χ0n) is 9.21. The Morgan fingerprint density at radius 1 is 1.07 bits per heavy atom. The molecule has 0 atom stereocenters. The van der Waals surface area contributed by atoms with Crippen molar-refractivity contribution in [3.8, 4) is 0 Å². The van der Waals surface area contributed by atoms with Crippen LogP contribution in [0.25, 0.3) is 0 Å². The highest BCUT2D eigenvalue weighted by atomic mass is 16.5. The van der Waals surface area contributed by atoms with E-state index >= 15 is 0 Å². The minimum absolute atomic E-state index is 0.257. The zero-order chi connectivity index (χ0) is 10.6. The van der Waals surface area contributed by atoms with Crippen molar-refractivity contribution in [1.29, 1.82) is 0 Å². The van der Waals surface area contributed by atoms with Crippen molar-refractivity contribution in [3.63, 3.8) is 0 Å². The SMILES string of the molecule is C=CCC(CC=C)OCCCCOC. The topological polar surface area (TPSA) is 18.5 Å². The summed E-state index contributed by atoms with van der Waals surface area (Å²) in [6.45, 7) is 9.03. The third kappa shape index (κ3) is 8.02. The molecule has 0 rings (SSSR count). The minimum Gasteiger partial charge on any atom is -0.385 e. The second-order valence-electron chi connectivity index (χ2n) is 3.24. The molecule has 0 aromatic heterocycles. The largest absolute Gasteiger partial charge is 0.385 e. The van der Waals surface area contributed by atoms with Gasteiger partial charge in [0.15, 0.2) is 0 Å². The highest BCUT2D eigenvalue weighted by molar-refractivity contribution is 4.80. The molecule has 0 spiro atoms. The van der Waals surface area contributed by atoms with Gasteiger partial charge in [-0.15, -0.1) is 13.2 Å². The fraction of sp³-hybridized carbons (Fsp3) is 0.667. The molecule has 0 aromatic rings. The number of hydrogen-bond donors (Lipinski definition) is 0. The van der Waals surface area contributed by atoms with Crippen LogP contribution in [0.3, 0.4) is 0 Å². The lowest BCUT2D eigenvalue weighted by molar-refractivity contribution is 0.0512. The van der Waals surface area contributed by atoms with Gasteiger partial charge in [0.25, 0.3) is 0 Å². The van der Waals surface area contributed by atoms with Crippen LogP contribution in [0.15, 0.2) is 25.3 Å². The van der Waals surface area contributed by atoms with Gasteiger partial charge < -0.3 is 9.47 Å². The van der Waals surface area contributed by atoms with Gasteiger partial charge >= 0.3 is 0 Å². The average molecular weight is 198 g/mol. The first kappa shape index (κ1) is 13.4. The summed E-state index contributed by atoms with van der Waals surface area (Å²) in [5.41, 5.74) is 0. The van der Waals surface area contributed by atoms with Crippen molar-refractivity contribution in [2.24, 2.45) is 0 Å². The van der Waals surface area contributed by atoms with Crippen LogP contribution in [0, 0.1) is 0 Å².